The fourth-order valence-electron chi connectivity index (χ4n) is 0.329. The normalized spacial score (nSPS) is 6.82. The van der Waals surface area contributed by atoms with E-state index in [9.17, 15) is 0 Å². The summed E-state index contributed by atoms with van der Waals surface area (Å²) in [5.41, 5.74) is 10.3. The molecule has 0 fully saturated rings. The van der Waals surface area contributed by atoms with Crippen LogP contribution in [0, 0.1) is 0 Å². The quantitative estimate of drug-likeness (QED) is 0.236. The van der Waals surface area contributed by atoms with Gasteiger partial charge in [-0.1, -0.05) is 0 Å². The van der Waals surface area contributed by atoms with Gasteiger partial charge in [-0.2, -0.15) is 0 Å². The van der Waals surface area contributed by atoms with Gasteiger partial charge in [-0.05, 0) is 0 Å². The average molecular weight is 455 g/mol. The molecule has 0 heterocycles. The summed E-state index contributed by atoms with van der Waals surface area (Å²) < 4.78 is 0. The maximum Gasteiger partial charge on any atom is 0.300 e. The molecule has 0 saturated heterocycles. The molecule has 0 aliphatic heterocycles. The number of rotatable bonds is 4. The van der Waals surface area contributed by atoms with E-state index in [0.29, 0.717) is 13.1 Å². The van der Waals surface area contributed by atoms with E-state index >= 15 is 0 Å². The third-order valence-corrected chi connectivity index (χ3v) is 0.642. The molecule has 0 spiro atoms. The monoisotopic (exact) mass is 455 g/mol. The van der Waals surface area contributed by atoms with Gasteiger partial charge in [0.05, 0.1) is 0 Å². The van der Waals surface area contributed by atoms with E-state index < -0.39 is 29.8 Å². The van der Waals surface area contributed by atoms with Crippen molar-refractivity contribution >= 4 is 29.8 Å². The maximum absolute atomic E-state index is 9.00. The van der Waals surface area contributed by atoms with Crippen molar-refractivity contribution in [3.8, 4) is 0 Å². The summed E-state index contributed by atoms with van der Waals surface area (Å²) >= 11 is 0. The molecule has 0 aromatic heterocycles. The van der Waals surface area contributed by atoms with Crippen LogP contribution in [0.4, 0.5) is 0 Å². The van der Waals surface area contributed by atoms with Gasteiger partial charge in [0.25, 0.3) is 29.8 Å². The first-order chi connectivity index (χ1) is 12.1. The Morgan fingerprint density at radius 1 is 0.571 bits per heavy atom. The molecule has 0 rings (SSSR count). The summed E-state index contributed by atoms with van der Waals surface area (Å²) in [5, 5.41) is 40.1. The number of carboxylic acids is 5. The smallest absolute Gasteiger partial charge is 0.300 e. The summed E-state index contributed by atoms with van der Waals surface area (Å²) in [4.78, 5) is 45.0. The Kier molecular flexibility index (Phi) is 71.0. The molecule has 0 saturated carbocycles. The number of hydrogen-bond acceptors (Lipinski definition) is 8. The second-order valence-corrected chi connectivity index (χ2v) is 3.92. The molecule has 10 N–H and O–H groups in total. The van der Waals surface area contributed by atoms with Gasteiger partial charge in [-0.3, -0.25) is 24.0 Å². The first-order valence-electron chi connectivity index (χ1n) is 7.16. The Bertz CT molecular complexity index is 289. The molecule has 0 bridgehead atoms. The van der Waals surface area contributed by atoms with Crippen molar-refractivity contribution in [2.45, 2.75) is 34.6 Å². The fourth-order valence-corrected chi connectivity index (χ4v) is 0.329. The molecule has 0 aromatic carbocycles. The minimum absolute atomic E-state index is 0. The van der Waals surface area contributed by atoms with Crippen molar-refractivity contribution in [3.05, 3.63) is 0 Å². The van der Waals surface area contributed by atoms with Crippen LogP contribution in [0.15, 0.2) is 0 Å². The summed E-state index contributed by atoms with van der Waals surface area (Å²) in [6.07, 6.45) is 0. The maximum atomic E-state index is 9.00. The van der Waals surface area contributed by atoms with Crippen LogP contribution in [0.25, 0.3) is 0 Å². The Balaban J connectivity index is -0.0000000382. The van der Waals surface area contributed by atoms with Crippen molar-refractivity contribution in [1.82, 2.24) is 5.32 Å². The largest absolute Gasteiger partial charge is 0.481 e. The average Bonchev–Trinajstić information content (AvgIpc) is 2.35. The molecule has 0 radical (unpaired) electrons. The predicted molar refractivity (Wildman–Crippen MR) is 97.5 cm³/mol. The van der Waals surface area contributed by atoms with Crippen LogP contribution in [-0.2, 0) is 41.3 Å². The molecule has 0 atom stereocenters. The molecule has 0 aliphatic carbocycles. The zero-order valence-corrected chi connectivity index (χ0v) is 17.9. The minimum Gasteiger partial charge on any atom is -0.481 e. The fraction of sp³-hybridized carbons (Fsp3) is 0.643. The summed E-state index contributed by atoms with van der Waals surface area (Å²) in [7, 11) is 0. The van der Waals surface area contributed by atoms with Crippen LogP contribution in [0.1, 0.15) is 34.6 Å². The number of aliphatic carboxylic acids is 5. The number of carbonyl (C=O) groups is 5. The second kappa shape index (κ2) is 44.3. The second-order valence-electron chi connectivity index (χ2n) is 3.92. The third kappa shape index (κ3) is 3960. The Hall–Kier alpha value is -2.24. The van der Waals surface area contributed by atoms with Crippen LogP contribution in [0.5, 0.6) is 0 Å². The van der Waals surface area contributed by atoms with Gasteiger partial charge in [0, 0.05) is 78.2 Å². The molecular formula is C14H33CrN3O10. The topological polar surface area (TPSA) is 251 Å². The Labute approximate surface area is 174 Å². The molecular weight excluding hydrogens is 422 g/mol. The Morgan fingerprint density at radius 2 is 0.679 bits per heavy atom. The van der Waals surface area contributed by atoms with E-state index in [-0.39, 0.29) is 17.4 Å². The SMILES string of the molecule is CC(=O)O.CC(=O)O.CC(=O)O.CC(=O)O.CC(=O)O.NCCNCCN.[Cr]. The van der Waals surface area contributed by atoms with E-state index in [1.807, 2.05) is 0 Å². The van der Waals surface area contributed by atoms with Gasteiger partial charge in [-0.25, -0.2) is 0 Å². The molecule has 0 aliphatic rings. The van der Waals surface area contributed by atoms with E-state index in [4.69, 9.17) is 61.0 Å². The van der Waals surface area contributed by atoms with Crippen molar-refractivity contribution < 1.29 is 66.9 Å². The summed E-state index contributed by atoms with van der Waals surface area (Å²) in [6, 6.07) is 0. The van der Waals surface area contributed by atoms with Crippen LogP contribution in [-0.4, -0.2) is 81.6 Å². The molecule has 170 valence electrons. The van der Waals surface area contributed by atoms with Crippen molar-refractivity contribution in [2.75, 3.05) is 26.2 Å². The van der Waals surface area contributed by atoms with Crippen LogP contribution in [0.2, 0.25) is 0 Å². The number of nitrogens with one attached hydrogen (secondary N) is 1. The van der Waals surface area contributed by atoms with Gasteiger partial charge in [0.1, 0.15) is 0 Å². The van der Waals surface area contributed by atoms with E-state index in [1.54, 1.807) is 0 Å². The molecule has 0 amide bonds. The van der Waals surface area contributed by atoms with E-state index in [2.05, 4.69) is 5.32 Å². The zero-order valence-electron chi connectivity index (χ0n) is 16.7. The van der Waals surface area contributed by atoms with Crippen LogP contribution < -0.4 is 16.8 Å². The van der Waals surface area contributed by atoms with Crippen molar-refractivity contribution in [3.63, 3.8) is 0 Å². The molecule has 0 unspecified atom stereocenters. The van der Waals surface area contributed by atoms with Crippen molar-refractivity contribution in [2.24, 2.45) is 11.5 Å². The minimum atomic E-state index is -0.833. The number of hydrogen-bond donors (Lipinski definition) is 8. The standard InChI is InChI=1S/C4H13N3.5C2H4O2.Cr/c5-1-3-7-4-2-6;5*1-2(3)4;/h7H,1-6H2;5*1H3,(H,3,4);. The summed E-state index contributed by atoms with van der Waals surface area (Å²) in [5.74, 6) is -4.17. The summed E-state index contributed by atoms with van der Waals surface area (Å²) in [6.45, 7) is 8.55. The molecule has 0 aromatic rings. The first-order valence-corrected chi connectivity index (χ1v) is 7.16. The first kappa shape index (κ1) is 44.9. The van der Waals surface area contributed by atoms with Crippen molar-refractivity contribution in [1.29, 1.82) is 0 Å². The van der Waals surface area contributed by atoms with Crippen LogP contribution >= 0.6 is 0 Å². The van der Waals surface area contributed by atoms with Crippen LogP contribution in [0.3, 0.4) is 0 Å². The number of carboxylic acid groups (broad SMARTS) is 5. The zero-order chi connectivity index (χ0) is 23.4. The molecule has 13 nitrogen and oxygen atoms in total. The molecule has 28 heavy (non-hydrogen) atoms. The van der Waals surface area contributed by atoms with Gasteiger partial charge in [-0.15, -0.1) is 0 Å². The third-order valence-electron chi connectivity index (χ3n) is 0.642. The molecule has 14 heteroatoms. The Morgan fingerprint density at radius 3 is 0.750 bits per heavy atom. The van der Waals surface area contributed by atoms with Gasteiger partial charge >= 0.3 is 0 Å². The van der Waals surface area contributed by atoms with Gasteiger partial charge < -0.3 is 42.3 Å². The van der Waals surface area contributed by atoms with Gasteiger partial charge in [0.2, 0.25) is 0 Å². The van der Waals surface area contributed by atoms with E-state index in [0.717, 1.165) is 47.7 Å². The van der Waals surface area contributed by atoms with Gasteiger partial charge in [0.15, 0.2) is 0 Å². The predicted octanol–water partition coefficient (Wildman–Crippen LogP) is -1.05. The van der Waals surface area contributed by atoms with E-state index in [1.165, 1.54) is 0 Å². The number of nitrogens with two attached hydrogens (primary N) is 2.